The van der Waals surface area contributed by atoms with Crippen LogP contribution in [0.3, 0.4) is 0 Å². The number of aryl methyl sites for hydroxylation is 1. The van der Waals surface area contributed by atoms with Crippen LogP contribution in [0.25, 0.3) is 0 Å². The van der Waals surface area contributed by atoms with Crippen molar-refractivity contribution in [3.63, 3.8) is 0 Å². The maximum Gasteiger partial charge on any atom is 0.264 e. The Morgan fingerprint density at radius 3 is 2.26 bits per heavy atom. The second kappa shape index (κ2) is 9.73. The van der Waals surface area contributed by atoms with Gasteiger partial charge in [0.2, 0.25) is 5.91 Å². The van der Waals surface area contributed by atoms with Gasteiger partial charge in [0.15, 0.2) is 0 Å². The Morgan fingerprint density at radius 2 is 1.61 bits per heavy atom. The van der Waals surface area contributed by atoms with Crippen LogP contribution >= 0.6 is 23.2 Å². The molecule has 31 heavy (non-hydrogen) atoms. The van der Waals surface area contributed by atoms with Gasteiger partial charge in [-0.15, -0.1) is 0 Å². The fourth-order valence-electron chi connectivity index (χ4n) is 3.06. The molecule has 5 nitrogen and oxygen atoms in total. The number of carbonyl (C=O) groups excluding carboxylic acids is 1. The molecule has 0 bridgehead atoms. The fourth-order valence-corrected chi connectivity index (χ4v) is 4.95. The van der Waals surface area contributed by atoms with Crippen LogP contribution in [0.2, 0.25) is 10.0 Å². The molecule has 0 aliphatic heterocycles. The van der Waals surface area contributed by atoms with Gasteiger partial charge in [-0.25, -0.2) is 8.42 Å². The molecule has 0 radical (unpaired) electrons. The summed E-state index contributed by atoms with van der Waals surface area (Å²) in [5.74, 6) is -0.469. The van der Waals surface area contributed by atoms with E-state index in [0.29, 0.717) is 0 Å². The zero-order chi connectivity index (χ0) is 22.6. The average molecular weight is 477 g/mol. The van der Waals surface area contributed by atoms with Crippen molar-refractivity contribution in [2.75, 3.05) is 10.8 Å². The number of rotatable bonds is 7. The molecule has 0 aliphatic rings. The number of amides is 1. The van der Waals surface area contributed by atoms with Crippen molar-refractivity contribution in [3.8, 4) is 0 Å². The van der Waals surface area contributed by atoms with Gasteiger partial charge in [0.25, 0.3) is 10.0 Å². The fraction of sp³-hybridized carbons (Fsp3) is 0.174. The lowest BCUT2D eigenvalue weighted by molar-refractivity contribution is -0.120. The maximum absolute atomic E-state index is 13.4. The lowest BCUT2D eigenvalue weighted by atomic mass is 10.1. The Hall–Kier alpha value is -2.54. The highest BCUT2D eigenvalue weighted by Gasteiger charge is 2.29. The molecule has 1 unspecified atom stereocenters. The normalized spacial score (nSPS) is 12.3. The summed E-state index contributed by atoms with van der Waals surface area (Å²) in [6.07, 6.45) is 0. The van der Waals surface area contributed by atoms with Crippen LogP contribution in [0.15, 0.2) is 77.7 Å². The number of hydrogen-bond donors (Lipinski definition) is 1. The highest BCUT2D eigenvalue weighted by atomic mass is 35.5. The Balaban J connectivity index is 1.95. The molecule has 0 saturated heterocycles. The zero-order valence-corrected chi connectivity index (χ0v) is 19.4. The Labute approximate surface area is 192 Å². The molecule has 1 atom stereocenters. The molecule has 3 aromatic carbocycles. The number of halogens is 2. The molecule has 0 heterocycles. The van der Waals surface area contributed by atoms with Gasteiger partial charge in [0, 0.05) is 0 Å². The van der Waals surface area contributed by atoms with E-state index in [1.807, 2.05) is 44.2 Å². The zero-order valence-electron chi connectivity index (χ0n) is 17.0. The van der Waals surface area contributed by atoms with E-state index in [0.717, 1.165) is 15.4 Å². The third-order valence-electron chi connectivity index (χ3n) is 4.77. The molecule has 0 aliphatic carbocycles. The highest BCUT2D eigenvalue weighted by molar-refractivity contribution is 7.92. The minimum absolute atomic E-state index is 0.0538. The maximum atomic E-state index is 13.4. The molecule has 1 N–H and O–H groups in total. The molecule has 0 spiro atoms. The van der Waals surface area contributed by atoms with E-state index in [9.17, 15) is 13.2 Å². The first kappa shape index (κ1) is 23.1. The number of carbonyl (C=O) groups is 1. The summed E-state index contributed by atoms with van der Waals surface area (Å²) < 4.78 is 27.9. The SMILES string of the molecule is Cc1ccc(S(=O)(=O)N(CC(=O)NC(C)c2ccccc2)c2cccc(Cl)c2Cl)cc1. The summed E-state index contributed by atoms with van der Waals surface area (Å²) >= 11 is 12.4. The Bertz CT molecular complexity index is 1170. The molecule has 0 aromatic heterocycles. The van der Waals surface area contributed by atoms with E-state index in [1.165, 1.54) is 18.2 Å². The predicted molar refractivity (Wildman–Crippen MR) is 125 cm³/mol. The number of benzene rings is 3. The van der Waals surface area contributed by atoms with Crippen LogP contribution in [0.5, 0.6) is 0 Å². The largest absolute Gasteiger partial charge is 0.348 e. The van der Waals surface area contributed by atoms with Crippen molar-refractivity contribution >= 4 is 44.8 Å². The summed E-state index contributed by atoms with van der Waals surface area (Å²) in [7, 11) is -4.08. The van der Waals surface area contributed by atoms with E-state index in [1.54, 1.807) is 24.3 Å². The van der Waals surface area contributed by atoms with Crippen LogP contribution in [0.4, 0.5) is 5.69 Å². The summed E-state index contributed by atoms with van der Waals surface area (Å²) in [4.78, 5) is 12.9. The van der Waals surface area contributed by atoms with Gasteiger partial charge in [0.1, 0.15) is 6.54 Å². The summed E-state index contributed by atoms with van der Waals surface area (Å²) in [6.45, 7) is 3.24. The van der Waals surface area contributed by atoms with Crippen LogP contribution in [-0.2, 0) is 14.8 Å². The van der Waals surface area contributed by atoms with E-state index in [-0.39, 0.29) is 26.7 Å². The molecule has 3 aromatic rings. The molecule has 1 amide bonds. The van der Waals surface area contributed by atoms with Crippen LogP contribution in [-0.4, -0.2) is 20.9 Å². The van der Waals surface area contributed by atoms with Crippen molar-refractivity contribution < 1.29 is 13.2 Å². The average Bonchev–Trinajstić information content (AvgIpc) is 2.75. The van der Waals surface area contributed by atoms with Gasteiger partial charge in [-0.05, 0) is 43.7 Å². The van der Waals surface area contributed by atoms with Gasteiger partial charge in [-0.3, -0.25) is 9.10 Å². The quantitative estimate of drug-likeness (QED) is 0.497. The molecule has 8 heteroatoms. The van der Waals surface area contributed by atoms with Crippen LogP contribution < -0.4 is 9.62 Å². The number of hydrogen-bond acceptors (Lipinski definition) is 3. The minimum Gasteiger partial charge on any atom is -0.348 e. The predicted octanol–water partition coefficient (Wildman–Crippen LogP) is 5.37. The second-order valence-electron chi connectivity index (χ2n) is 7.10. The minimum atomic E-state index is -4.08. The summed E-state index contributed by atoms with van der Waals surface area (Å²) in [5, 5.41) is 3.10. The van der Waals surface area contributed by atoms with Crippen LogP contribution in [0.1, 0.15) is 24.1 Å². The molecule has 0 fully saturated rings. The van der Waals surface area contributed by atoms with E-state index < -0.39 is 22.5 Å². The number of nitrogens with zero attached hydrogens (tertiary/aromatic N) is 1. The Kier molecular flexibility index (Phi) is 7.26. The van der Waals surface area contributed by atoms with Crippen molar-refractivity contribution in [1.29, 1.82) is 0 Å². The highest BCUT2D eigenvalue weighted by Crippen LogP contribution is 2.35. The number of sulfonamides is 1. The lowest BCUT2D eigenvalue weighted by Crippen LogP contribution is -2.41. The van der Waals surface area contributed by atoms with E-state index in [2.05, 4.69) is 5.32 Å². The molecular weight excluding hydrogens is 455 g/mol. The van der Waals surface area contributed by atoms with Gasteiger partial charge in [0.05, 0.1) is 26.7 Å². The number of nitrogens with one attached hydrogen (secondary N) is 1. The van der Waals surface area contributed by atoms with Crippen molar-refractivity contribution in [2.24, 2.45) is 0 Å². The van der Waals surface area contributed by atoms with E-state index >= 15 is 0 Å². The third kappa shape index (κ3) is 5.39. The van der Waals surface area contributed by atoms with Gasteiger partial charge in [-0.1, -0.05) is 77.3 Å². The number of anilines is 1. The topological polar surface area (TPSA) is 66.5 Å². The summed E-state index contributed by atoms with van der Waals surface area (Å²) in [5.41, 5.74) is 1.96. The van der Waals surface area contributed by atoms with Gasteiger partial charge in [-0.2, -0.15) is 0 Å². The first-order chi connectivity index (χ1) is 14.7. The third-order valence-corrected chi connectivity index (χ3v) is 7.36. The first-order valence-electron chi connectivity index (χ1n) is 9.58. The van der Waals surface area contributed by atoms with Crippen molar-refractivity contribution in [1.82, 2.24) is 5.32 Å². The molecular formula is C23H22Cl2N2O3S. The van der Waals surface area contributed by atoms with Gasteiger partial charge < -0.3 is 5.32 Å². The van der Waals surface area contributed by atoms with Gasteiger partial charge >= 0.3 is 0 Å². The Morgan fingerprint density at radius 1 is 0.968 bits per heavy atom. The first-order valence-corrected chi connectivity index (χ1v) is 11.8. The monoisotopic (exact) mass is 476 g/mol. The lowest BCUT2D eigenvalue weighted by Gasteiger charge is -2.26. The van der Waals surface area contributed by atoms with Crippen molar-refractivity contribution in [3.05, 3.63) is 94.0 Å². The molecule has 3 rings (SSSR count). The molecule has 162 valence electrons. The molecule has 0 saturated carbocycles. The smallest absolute Gasteiger partial charge is 0.264 e. The second-order valence-corrected chi connectivity index (χ2v) is 9.75. The summed E-state index contributed by atoms with van der Waals surface area (Å²) in [6, 6.07) is 20.2. The van der Waals surface area contributed by atoms with Crippen molar-refractivity contribution in [2.45, 2.75) is 24.8 Å². The standard InChI is InChI=1S/C23H22Cl2N2O3S/c1-16-11-13-19(14-12-16)31(29,30)27(21-10-6-9-20(24)23(21)25)15-22(28)26-17(2)18-7-4-3-5-8-18/h3-14,17H,15H2,1-2H3,(H,26,28). The van der Waals surface area contributed by atoms with E-state index in [4.69, 9.17) is 23.2 Å². The van der Waals surface area contributed by atoms with Crippen LogP contribution in [0, 0.1) is 6.92 Å².